The highest BCUT2D eigenvalue weighted by atomic mass is 79.9. The van der Waals surface area contributed by atoms with Gasteiger partial charge >= 0.3 is 0 Å². The summed E-state index contributed by atoms with van der Waals surface area (Å²) in [5, 5.41) is 22.3. The van der Waals surface area contributed by atoms with Crippen LogP contribution in [0.3, 0.4) is 0 Å². The molecule has 0 aliphatic carbocycles. The second-order valence-electron chi connectivity index (χ2n) is 5.93. The monoisotopic (exact) mass is 469 g/mol. The first kappa shape index (κ1) is 19.0. The lowest BCUT2D eigenvalue weighted by Crippen LogP contribution is -1.94. The smallest absolute Gasteiger partial charge is 0.270 e. The maximum atomic E-state index is 11.0. The van der Waals surface area contributed by atoms with Gasteiger partial charge in [-0.3, -0.25) is 10.1 Å². The zero-order chi connectivity index (χ0) is 20.4. The zero-order valence-electron chi connectivity index (χ0n) is 14.7. The van der Waals surface area contributed by atoms with Crippen molar-refractivity contribution in [2.24, 2.45) is 5.10 Å². The summed E-state index contributed by atoms with van der Waals surface area (Å²) >= 11 is 8.66. The molecule has 0 radical (unpaired) electrons. The van der Waals surface area contributed by atoms with Gasteiger partial charge in [0.05, 0.1) is 11.1 Å². The van der Waals surface area contributed by atoms with E-state index in [1.54, 1.807) is 24.3 Å². The summed E-state index contributed by atoms with van der Waals surface area (Å²) in [4.78, 5) is 10.5. The van der Waals surface area contributed by atoms with Crippen molar-refractivity contribution in [2.45, 2.75) is 0 Å². The van der Waals surface area contributed by atoms with Crippen molar-refractivity contribution in [3.63, 3.8) is 0 Å². The number of halogens is 1. The lowest BCUT2D eigenvalue weighted by atomic mass is 10.1. The Kier molecular flexibility index (Phi) is 5.19. The van der Waals surface area contributed by atoms with Crippen molar-refractivity contribution in [2.75, 3.05) is 0 Å². The van der Waals surface area contributed by atoms with Crippen LogP contribution in [0.15, 0.2) is 74.7 Å². The van der Waals surface area contributed by atoms with E-state index in [0.717, 1.165) is 10.0 Å². The van der Waals surface area contributed by atoms with Crippen molar-refractivity contribution in [3.8, 4) is 22.7 Å². The Labute approximate surface area is 177 Å². The molecule has 0 aliphatic heterocycles. The van der Waals surface area contributed by atoms with E-state index < -0.39 is 4.92 Å². The molecule has 0 unspecified atom stereocenters. The third-order valence-corrected chi connectivity index (χ3v) is 4.81. The van der Waals surface area contributed by atoms with Gasteiger partial charge in [-0.1, -0.05) is 40.2 Å². The first-order chi connectivity index (χ1) is 14.0. The van der Waals surface area contributed by atoms with Crippen LogP contribution in [0.5, 0.6) is 0 Å². The summed E-state index contributed by atoms with van der Waals surface area (Å²) in [6.07, 6.45) is 1.51. The summed E-state index contributed by atoms with van der Waals surface area (Å²) in [5.41, 5.74) is 1.45. The van der Waals surface area contributed by atoms with Crippen LogP contribution in [0.1, 0.15) is 5.76 Å². The molecule has 0 amide bonds. The largest absolute Gasteiger partial charge is 0.455 e. The van der Waals surface area contributed by atoms with Crippen molar-refractivity contribution in [1.29, 1.82) is 0 Å². The molecule has 0 saturated heterocycles. The number of aromatic amines is 1. The molecule has 2 aromatic carbocycles. The number of furan rings is 1. The number of aromatic nitrogens is 3. The molecule has 10 heteroatoms. The van der Waals surface area contributed by atoms with Crippen LogP contribution in [0, 0.1) is 14.9 Å². The van der Waals surface area contributed by atoms with Crippen LogP contribution in [0.25, 0.3) is 22.7 Å². The van der Waals surface area contributed by atoms with Gasteiger partial charge in [-0.15, -0.1) is 0 Å². The van der Waals surface area contributed by atoms with E-state index in [0.29, 0.717) is 27.7 Å². The van der Waals surface area contributed by atoms with Gasteiger partial charge in [-0.05, 0) is 36.5 Å². The van der Waals surface area contributed by atoms with E-state index in [1.165, 1.54) is 23.0 Å². The minimum atomic E-state index is -0.445. The number of hydrogen-bond acceptors (Lipinski definition) is 6. The summed E-state index contributed by atoms with van der Waals surface area (Å²) in [6, 6.07) is 17.3. The molecule has 0 atom stereocenters. The number of hydrogen-bond donors (Lipinski definition) is 1. The summed E-state index contributed by atoms with van der Waals surface area (Å²) in [7, 11) is 0. The fourth-order valence-corrected chi connectivity index (χ4v) is 3.09. The van der Waals surface area contributed by atoms with Gasteiger partial charge < -0.3 is 4.42 Å². The average molecular weight is 470 g/mol. The minimum Gasteiger partial charge on any atom is -0.455 e. The maximum Gasteiger partial charge on any atom is 0.270 e. The van der Waals surface area contributed by atoms with Crippen LogP contribution in [-0.2, 0) is 0 Å². The van der Waals surface area contributed by atoms with E-state index in [9.17, 15) is 10.1 Å². The molecule has 4 rings (SSSR count). The topological polar surface area (TPSA) is 102 Å². The molecule has 0 fully saturated rings. The average Bonchev–Trinajstić information content (AvgIpc) is 3.34. The molecular weight excluding hydrogens is 458 g/mol. The van der Waals surface area contributed by atoms with E-state index in [4.69, 9.17) is 16.6 Å². The van der Waals surface area contributed by atoms with Crippen LogP contribution >= 0.6 is 28.1 Å². The van der Waals surface area contributed by atoms with E-state index in [1.807, 2.05) is 24.3 Å². The van der Waals surface area contributed by atoms with E-state index >= 15 is 0 Å². The number of H-pyrrole nitrogens is 1. The van der Waals surface area contributed by atoms with Gasteiger partial charge in [0.25, 0.3) is 5.69 Å². The summed E-state index contributed by atoms with van der Waals surface area (Å²) in [5.74, 6) is 1.53. The molecule has 2 heterocycles. The quantitative estimate of drug-likeness (QED) is 0.182. The highest BCUT2D eigenvalue weighted by Gasteiger charge is 2.11. The Bertz CT molecular complexity index is 1270. The first-order valence-corrected chi connectivity index (χ1v) is 9.54. The van der Waals surface area contributed by atoms with Crippen molar-refractivity contribution < 1.29 is 9.34 Å². The van der Waals surface area contributed by atoms with E-state index in [2.05, 4.69) is 31.2 Å². The number of nitro groups is 1. The molecular formula is C19H12BrN5O3S. The maximum absolute atomic E-state index is 11.0. The van der Waals surface area contributed by atoms with E-state index in [-0.39, 0.29) is 5.69 Å². The molecule has 29 heavy (non-hydrogen) atoms. The molecule has 4 aromatic rings. The molecule has 0 saturated carbocycles. The predicted octanol–water partition coefficient (Wildman–Crippen LogP) is 5.42. The van der Waals surface area contributed by atoms with Crippen LogP contribution in [0.4, 0.5) is 5.69 Å². The number of benzene rings is 2. The molecule has 0 aliphatic rings. The SMILES string of the molecule is O=[N+]([O-])c1cccc(-c2ccc(/C=N\n3c(-c4ccc(Br)cc4)n[nH]c3=S)o2)c1. The van der Waals surface area contributed by atoms with Crippen molar-refractivity contribution in [3.05, 3.63) is 85.8 Å². The number of nitrogens with one attached hydrogen (secondary N) is 1. The Hall–Kier alpha value is -3.37. The number of non-ortho nitro benzene ring substituents is 1. The fourth-order valence-electron chi connectivity index (χ4n) is 2.65. The number of nitro benzene ring substituents is 1. The van der Waals surface area contributed by atoms with Crippen molar-refractivity contribution in [1.82, 2.24) is 14.9 Å². The van der Waals surface area contributed by atoms with Gasteiger partial charge in [-0.2, -0.15) is 14.9 Å². The third kappa shape index (κ3) is 4.08. The fraction of sp³-hybridized carbons (Fsp3) is 0. The Morgan fingerprint density at radius 1 is 1.17 bits per heavy atom. The highest BCUT2D eigenvalue weighted by molar-refractivity contribution is 9.10. The zero-order valence-corrected chi connectivity index (χ0v) is 17.1. The van der Waals surface area contributed by atoms with Crippen LogP contribution < -0.4 is 0 Å². The molecule has 0 spiro atoms. The third-order valence-electron chi connectivity index (χ3n) is 4.02. The normalized spacial score (nSPS) is 11.2. The first-order valence-electron chi connectivity index (χ1n) is 8.33. The Morgan fingerprint density at radius 3 is 2.72 bits per heavy atom. The van der Waals surface area contributed by atoms with Crippen molar-refractivity contribution >= 4 is 40.0 Å². The lowest BCUT2D eigenvalue weighted by Gasteiger charge is -2.00. The summed E-state index contributed by atoms with van der Waals surface area (Å²) in [6.45, 7) is 0. The standard InChI is InChI=1S/C19H12BrN5O3S/c20-14-6-4-12(5-7-14)18-22-23-19(29)24(18)21-11-16-8-9-17(28-16)13-2-1-3-15(10-13)25(26)27/h1-11H,(H,23,29)/b21-11-. The van der Waals surface area contributed by atoms with Gasteiger partial charge in [0.1, 0.15) is 11.5 Å². The second-order valence-corrected chi connectivity index (χ2v) is 7.23. The minimum absolute atomic E-state index is 0.00189. The molecule has 0 bridgehead atoms. The second kappa shape index (κ2) is 7.94. The molecule has 8 nitrogen and oxygen atoms in total. The summed E-state index contributed by atoms with van der Waals surface area (Å²) < 4.78 is 8.53. The predicted molar refractivity (Wildman–Crippen MR) is 114 cm³/mol. The Balaban J connectivity index is 1.62. The molecule has 1 N–H and O–H groups in total. The molecule has 144 valence electrons. The van der Waals surface area contributed by atoms with Gasteiger partial charge in [-0.25, -0.2) is 5.10 Å². The number of nitrogens with zero attached hydrogens (tertiary/aromatic N) is 4. The highest BCUT2D eigenvalue weighted by Crippen LogP contribution is 2.25. The molecule has 2 aromatic heterocycles. The van der Waals surface area contributed by atoms with Gasteiger partial charge in [0, 0.05) is 27.7 Å². The number of rotatable bonds is 5. The lowest BCUT2D eigenvalue weighted by molar-refractivity contribution is -0.384. The van der Waals surface area contributed by atoms with Crippen LogP contribution in [-0.4, -0.2) is 26.0 Å². The van der Waals surface area contributed by atoms with Crippen LogP contribution in [0.2, 0.25) is 0 Å². The van der Waals surface area contributed by atoms with Gasteiger partial charge in [0.2, 0.25) is 4.77 Å². The Morgan fingerprint density at radius 2 is 1.97 bits per heavy atom. The van der Waals surface area contributed by atoms with Gasteiger partial charge in [0.15, 0.2) is 5.82 Å².